The van der Waals surface area contributed by atoms with Gasteiger partial charge in [-0.3, -0.25) is 0 Å². The summed E-state index contributed by atoms with van der Waals surface area (Å²) in [6, 6.07) is 0. The predicted molar refractivity (Wildman–Crippen MR) is 70.3 cm³/mol. The van der Waals surface area contributed by atoms with Crippen LogP contribution in [0.1, 0.15) is 38.5 Å². The van der Waals surface area contributed by atoms with Crippen LogP contribution in [0.5, 0.6) is 0 Å². The first-order valence-corrected chi connectivity index (χ1v) is 7.12. The van der Waals surface area contributed by atoms with E-state index in [4.69, 9.17) is 5.73 Å². The van der Waals surface area contributed by atoms with Gasteiger partial charge in [0.25, 0.3) is 0 Å². The van der Waals surface area contributed by atoms with Crippen molar-refractivity contribution in [2.75, 3.05) is 38.5 Å². The number of thiol groups is 1. The molecular weight excluding hydrogens is 204 g/mol. The maximum atomic E-state index is 5.49. The first-order chi connectivity index (χ1) is 7.33. The highest BCUT2D eigenvalue weighted by Gasteiger charge is 2.30. The maximum Gasteiger partial charge on any atom is 0.0876 e. The zero-order chi connectivity index (χ0) is 11.0. The summed E-state index contributed by atoms with van der Waals surface area (Å²) in [6.45, 7) is 6.32. The van der Waals surface area contributed by atoms with Crippen molar-refractivity contribution in [3.63, 3.8) is 0 Å². The quantitative estimate of drug-likeness (QED) is 0.373. The normalized spacial score (nSPS) is 19.6. The Kier molecular flexibility index (Phi) is 6.69. The van der Waals surface area contributed by atoms with E-state index in [1.54, 1.807) is 0 Å². The largest absolute Gasteiger partial charge is 0.330 e. The molecule has 90 valence electrons. The van der Waals surface area contributed by atoms with Crippen LogP contribution in [-0.2, 0) is 0 Å². The van der Waals surface area contributed by atoms with E-state index in [1.165, 1.54) is 69.2 Å². The summed E-state index contributed by atoms with van der Waals surface area (Å²) in [5, 5.41) is 0. The molecule has 0 aromatic carbocycles. The zero-order valence-electron chi connectivity index (χ0n) is 9.96. The average molecular weight is 231 g/mol. The molecule has 2 nitrogen and oxygen atoms in total. The van der Waals surface area contributed by atoms with E-state index in [1.807, 2.05) is 0 Å². The SMILES string of the molecule is NCCCCCC[N+]1(CCS)CCCC1. The van der Waals surface area contributed by atoms with Crippen molar-refractivity contribution in [3.8, 4) is 0 Å². The number of nitrogens with two attached hydrogens (primary N) is 1. The van der Waals surface area contributed by atoms with E-state index in [0.29, 0.717) is 0 Å². The van der Waals surface area contributed by atoms with Crippen molar-refractivity contribution in [1.29, 1.82) is 0 Å². The number of nitrogens with zero attached hydrogens (tertiary/aromatic N) is 1. The highest BCUT2D eigenvalue weighted by molar-refractivity contribution is 7.80. The van der Waals surface area contributed by atoms with Crippen LogP contribution in [0, 0.1) is 0 Å². The molecule has 1 fully saturated rings. The van der Waals surface area contributed by atoms with Gasteiger partial charge in [0.1, 0.15) is 0 Å². The number of unbranched alkanes of at least 4 members (excludes halogenated alkanes) is 3. The van der Waals surface area contributed by atoms with Crippen LogP contribution in [0.2, 0.25) is 0 Å². The van der Waals surface area contributed by atoms with Crippen molar-refractivity contribution < 1.29 is 4.48 Å². The van der Waals surface area contributed by atoms with Gasteiger partial charge in [0.2, 0.25) is 0 Å². The summed E-state index contributed by atoms with van der Waals surface area (Å²) in [4.78, 5) is 0. The van der Waals surface area contributed by atoms with E-state index < -0.39 is 0 Å². The van der Waals surface area contributed by atoms with Gasteiger partial charge >= 0.3 is 0 Å². The van der Waals surface area contributed by atoms with Crippen molar-refractivity contribution >= 4 is 12.6 Å². The highest BCUT2D eigenvalue weighted by Crippen LogP contribution is 2.20. The van der Waals surface area contributed by atoms with Crippen LogP contribution in [0.25, 0.3) is 0 Å². The van der Waals surface area contributed by atoms with E-state index in [2.05, 4.69) is 12.6 Å². The van der Waals surface area contributed by atoms with E-state index in [0.717, 1.165) is 12.3 Å². The fourth-order valence-corrected chi connectivity index (χ4v) is 3.15. The predicted octanol–water partition coefficient (Wildman–Crippen LogP) is 2.05. The lowest BCUT2D eigenvalue weighted by atomic mass is 10.1. The molecule has 0 unspecified atom stereocenters. The molecule has 2 N–H and O–H groups in total. The van der Waals surface area contributed by atoms with Crippen molar-refractivity contribution in [2.24, 2.45) is 5.73 Å². The van der Waals surface area contributed by atoms with E-state index >= 15 is 0 Å². The second-order valence-electron chi connectivity index (χ2n) is 4.87. The van der Waals surface area contributed by atoms with Crippen molar-refractivity contribution in [2.45, 2.75) is 38.5 Å². The lowest BCUT2D eigenvalue weighted by Gasteiger charge is -2.34. The molecule has 0 radical (unpaired) electrons. The third-order valence-corrected chi connectivity index (χ3v) is 3.88. The van der Waals surface area contributed by atoms with Gasteiger partial charge in [-0.05, 0) is 25.8 Å². The molecule has 0 bridgehead atoms. The second-order valence-corrected chi connectivity index (χ2v) is 5.32. The van der Waals surface area contributed by atoms with Gasteiger partial charge in [-0.25, -0.2) is 0 Å². The molecule has 0 saturated carbocycles. The molecule has 3 heteroatoms. The summed E-state index contributed by atoms with van der Waals surface area (Å²) < 4.78 is 1.35. The molecule has 0 aromatic heterocycles. The van der Waals surface area contributed by atoms with Crippen molar-refractivity contribution in [1.82, 2.24) is 0 Å². The Morgan fingerprint density at radius 3 is 2.20 bits per heavy atom. The standard InChI is InChI=1S/C12H26N2S/c13-7-3-1-2-4-8-14(11-12-15)9-5-6-10-14/h1-13H2/p+1. The average Bonchev–Trinajstić information content (AvgIpc) is 2.67. The minimum Gasteiger partial charge on any atom is -0.330 e. The van der Waals surface area contributed by atoms with Crippen molar-refractivity contribution in [3.05, 3.63) is 0 Å². The van der Waals surface area contributed by atoms with Gasteiger partial charge in [-0.2, -0.15) is 12.6 Å². The summed E-state index contributed by atoms with van der Waals surface area (Å²) in [6.07, 6.45) is 8.12. The molecule has 1 heterocycles. The molecule has 0 amide bonds. The van der Waals surface area contributed by atoms with Gasteiger partial charge in [-0.1, -0.05) is 6.42 Å². The molecule has 1 aliphatic heterocycles. The Labute approximate surface area is 100 Å². The molecule has 15 heavy (non-hydrogen) atoms. The number of hydrogen-bond acceptors (Lipinski definition) is 2. The van der Waals surface area contributed by atoms with Gasteiger partial charge in [0.05, 0.1) is 26.2 Å². The third kappa shape index (κ3) is 4.75. The monoisotopic (exact) mass is 231 g/mol. The molecule has 0 spiro atoms. The van der Waals surface area contributed by atoms with Crippen LogP contribution >= 0.6 is 12.6 Å². The van der Waals surface area contributed by atoms with Crippen LogP contribution in [-0.4, -0.2) is 43.0 Å². The molecular formula is C12H27N2S+. The highest BCUT2D eigenvalue weighted by atomic mass is 32.1. The van der Waals surface area contributed by atoms with Gasteiger partial charge < -0.3 is 10.2 Å². The molecule has 1 aliphatic rings. The Bertz CT molecular complexity index is 156. The van der Waals surface area contributed by atoms with E-state index in [9.17, 15) is 0 Å². The first kappa shape index (κ1) is 13.3. The molecule has 0 aromatic rings. The first-order valence-electron chi connectivity index (χ1n) is 6.49. The molecule has 0 aliphatic carbocycles. The Hall–Kier alpha value is 0.270. The van der Waals surface area contributed by atoms with Crippen LogP contribution < -0.4 is 5.73 Å². The Morgan fingerprint density at radius 2 is 1.60 bits per heavy atom. The summed E-state index contributed by atoms with van der Waals surface area (Å²) >= 11 is 4.40. The topological polar surface area (TPSA) is 26.0 Å². The minimum absolute atomic E-state index is 0.858. The zero-order valence-corrected chi connectivity index (χ0v) is 10.9. The second kappa shape index (κ2) is 7.53. The summed E-state index contributed by atoms with van der Waals surface area (Å²) in [5.41, 5.74) is 5.49. The van der Waals surface area contributed by atoms with E-state index in [-0.39, 0.29) is 0 Å². The fourth-order valence-electron chi connectivity index (χ4n) is 2.72. The number of rotatable bonds is 8. The lowest BCUT2D eigenvalue weighted by molar-refractivity contribution is -0.914. The van der Waals surface area contributed by atoms with Gasteiger partial charge in [0, 0.05) is 18.6 Å². The van der Waals surface area contributed by atoms with Crippen LogP contribution in [0.15, 0.2) is 0 Å². The smallest absolute Gasteiger partial charge is 0.0876 e. The van der Waals surface area contributed by atoms with Crippen LogP contribution in [0.3, 0.4) is 0 Å². The van der Waals surface area contributed by atoms with Gasteiger partial charge in [0.15, 0.2) is 0 Å². The maximum absolute atomic E-state index is 5.49. The summed E-state index contributed by atoms with van der Waals surface area (Å²) in [7, 11) is 0. The number of hydrogen-bond donors (Lipinski definition) is 2. The Balaban J connectivity index is 2.14. The third-order valence-electron chi connectivity index (χ3n) is 3.68. The Morgan fingerprint density at radius 1 is 0.933 bits per heavy atom. The number of quaternary nitrogens is 1. The lowest BCUT2D eigenvalue weighted by Crippen LogP contribution is -2.47. The van der Waals surface area contributed by atoms with Gasteiger partial charge in [-0.15, -0.1) is 0 Å². The number of likely N-dealkylation sites (tertiary alicyclic amines) is 1. The molecule has 0 atom stereocenters. The molecule has 1 rings (SSSR count). The minimum atomic E-state index is 0.858. The summed E-state index contributed by atoms with van der Waals surface area (Å²) in [5.74, 6) is 1.04. The molecule has 1 saturated heterocycles. The van der Waals surface area contributed by atoms with Crippen LogP contribution in [0.4, 0.5) is 0 Å². The fraction of sp³-hybridized carbons (Fsp3) is 1.00.